The van der Waals surface area contributed by atoms with Gasteiger partial charge in [0.2, 0.25) is 21.8 Å². The van der Waals surface area contributed by atoms with Crippen molar-refractivity contribution in [3.05, 3.63) is 76.8 Å². The average Bonchev–Trinajstić information content (AvgIpc) is 3.92. The number of amides is 3. The zero-order valence-electron chi connectivity index (χ0n) is 38.5. The first-order chi connectivity index (χ1) is 30.8. The second-order valence-corrected chi connectivity index (χ2v) is 23.1. The van der Waals surface area contributed by atoms with E-state index in [1.165, 1.54) is 16.0 Å². The van der Waals surface area contributed by atoms with Crippen LogP contribution in [0.3, 0.4) is 0 Å². The standard InChI is InChI=1S/C49H62N6O8S2/c1-30(2)55-38-17-13-15-36(42-50-34(29-64-42)24-32-20-18-31(3)19-21-32)41(38)52-45(55)62-35-25-39-40(56)27-49(44(58)53-65(60,61)48(7)22-23-48)26-33(49)14-11-9-8-10-12-16-37(43(57)54(39)28-35)51-46(59)63-47(4,5)6/h11,13-15,17-21,29-30,33,35,37,39H,8-10,12,16,22-28H2,1-7H3,(H,51,59)(H,53,58)/b14-11-/t33-,35-,37+,39+,49-/m1/s1. The fourth-order valence-electron chi connectivity index (χ4n) is 9.16. The first-order valence-electron chi connectivity index (χ1n) is 23.0. The number of benzene rings is 2. The fourth-order valence-corrected chi connectivity index (χ4v) is 11.3. The minimum absolute atomic E-state index is 0.0139. The number of ketones is 1. The first-order valence-corrected chi connectivity index (χ1v) is 25.4. The Balaban J connectivity index is 1.11. The van der Waals surface area contributed by atoms with Gasteiger partial charge in [-0.3, -0.25) is 23.7 Å². The maximum atomic E-state index is 14.8. The van der Waals surface area contributed by atoms with E-state index in [2.05, 4.69) is 46.6 Å². The van der Waals surface area contributed by atoms with Crippen LogP contribution in [0.5, 0.6) is 6.01 Å². The molecule has 2 aliphatic heterocycles. The zero-order chi connectivity index (χ0) is 46.5. The van der Waals surface area contributed by atoms with Crippen molar-refractivity contribution in [2.24, 2.45) is 11.3 Å². The number of Topliss-reactive ketones (excluding diaryl/α,β-unsaturated/α-hetero) is 1. The normalized spacial score (nSPS) is 25.3. The second-order valence-electron chi connectivity index (χ2n) is 20.1. The van der Waals surface area contributed by atoms with Gasteiger partial charge in [0.15, 0.2) is 5.78 Å². The van der Waals surface area contributed by atoms with E-state index < -0.39 is 61.9 Å². The van der Waals surface area contributed by atoms with E-state index in [4.69, 9.17) is 19.4 Å². The number of ether oxygens (including phenoxy) is 2. The largest absolute Gasteiger partial charge is 0.459 e. The van der Waals surface area contributed by atoms with Gasteiger partial charge in [0.1, 0.15) is 28.3 Å². The molecule has 0 radical (unpaired) electrons. The Morgan fingerprint density at radius 1 is 1.03 bits per heavy atom. The summed E-state index contributed by atoms with van der Waals surface area (Å²) < 4.78 is 42.4. The smallest absolute Gasteiger partial charge is 0.408 e. The number of aromatic nitrogens is 3. The third kappa shape index (κ3) is 10.0. The lowest BCUT2D eigenvalue weighted by atomic mass is 9.91. The van der Waals surface area contributed by atoms with Gasteiger partial charge in [-0.15, -0.1) is 11.3 Å². The summed E-state index contributed by atoms with van der Waals surface area (Å²) in [5.41, 5.74) is 3.66. The van der Waals surface area contributed by atoms with E-state index in [0.717, 1.165) is 34.6 Å². The minimum Gasteiger partial charge on any atom is -0.459 e. The van der Waals surface area contributed by atoms with Crippen LogP contribution in [0.1, 0.15) is 129 Å². The van der Waals surface area contributed by atoms with Crippen LogP contribution in [-0.2, 0) is 35.6 Å². The van der Waals surface area contributed by atoms with Crippen LogP contribution in [0.4, 0.5) is 4.79 Å². The van der Waals surface area contributed by atoms with Crippen molar-refractivity contribution in [2.45, 2.75) is 154 Å². The maximum absolute atomic E-state index is 14.8. The highest BCUT2D eigenvalue weighted by Gasteiger charge is 2.62. The molecule has 0 bridgehead atoms. The monoisotopic (exact) mass is 926 g/mol. The van der Waals surface area contributed by atoms with Gasteiger partial charge in [0, 0.05) is 36.2 Å². The first kappa shape index (κ1) is 46.4. The Bertz CT molecular complexity index is 2610. The number of hydrogen-bond donors (Lipinski definition) is 2. The third-order valence-corrected chi connectivity index (χ3v) is 16.4. The van der Waals surface area contributed by atoms with Gasteiger partial charge >= 0.3 is 6.09 Å². The van der Waals surface area contributed by atoms with Gasteiger partial charge in [-0.2, -0.15) is 4.98 Å². The number of alkyl carbamates (subject to hydrolysis) is 1. The SMILES string of the molecule is Cc1ccc(Cc2csc(-c3cccc4c3nc(O[C@@H]3C[C@H]5C(=O)C[C@]6(C(=O)NS(=O)(=O)C7(C)CC7)C[C@H]6/C=C\CCCCC[C@H](NC(=O)OC(C)(C)C)C(=O)N5C3)n4C(C)C)n2)cc1. The Hall–Kier alpha value is -5.09. The number of nitrogens with one attached hydrogen (secondary N) is 2. The molecule has 4 aliphatic rings. The molecule has 5 atom stereocenters. The van der Waals surface area contributed by atoms with Gasteiger partial charge in [-0.1, -0.05) is 60.9 Å². The molecule has 2 aromatic heterocycles. The van der Waals surface area contributed by atoms with Crippen LogP contribution in [0.2, 0.25) is 0 Å². The maximum Gasteiger partial charge on any atom is 0.408 e. The number of sulfonamides is 1. The summed E-state index contributed by atoms with van der Waals surface area (Å²) in [6, 6.07) is 12.6. The molecule has 348 valence electrons. The Morgan fingerprint density at radius 2 is 1.78 bits per heavy atom. The number of allylic oxidation sites excluding steroid dienone is 2. The Morgan fingerprint density at radius 3 is 2.49 bits per heavy atom. The summed E-state index contributed by atoms with van der Waals surface area (Å²) in [5.74, 6) is -1.85. The summed E-state index contributed by atoms with van der Waals surface area (Å²) in [7, 11) is -3.97. The fraction of sp³-hybridized carbons (Fsp3) is 0.551. The molecule has 0 unspecified atom stereocenters. The number of rotatable bonds is 10. The second kappa shape index (κ2) is 17.9. The Kier molecular flexibility index (Phi) is 12.8. The van der Waals surface area contributed by atoms with Gasteiger partial charge in [-0.25, -0.2) is 18.2 Å². The molecule has 2 aliphatic carbocycles. The topological polar surface area (TPSA) is 179 Å². The number of fused-ring (bicyclic) bond motifs is 3. The zero-order valence-corrected chi connectivity index (χ0v) is 40.1. The lowest BCUT2D eigenvalue weighted by molar-refractivity contribution is -0.140. The van der Waals surface area contributed by atoms with E-state index in [-0.39, 0.29) is 37.1 Å². The van der Waals surface area contributed by atoms with E-state index in [9.17, 15) is 27.6 Å². The van der Waals surface area contributed by atoms with Crippen LogP contribution in [0.15, 0.2) is 60.0 Å². The number of imidazole rings is 1. The highest BCUT2D eigenvalue weighted by Crippen LogP contribution is 2.57. The third-order valence-electron chi connectivity index (χ3n) is 13.3. The molecule has 16 heteroatoms. The molecule has 2 aromatic carbocycles. The number of carbonyl (C=O) groups is 4. The van der Waals surface area contributed by atoms with E-state index >= 15 is 0 Å². The lowest BCUT2D eigenvalue weighted by Crippen LogP contribution is -2.53. The number of nitrogens with zero attached hydrogens (tertiary/aromatic N) is 4. The molecule has 3 fully saturated rings. The van der Waals surface area contributed by atoms with Crippen molar-refractivity contribution < 1.29 is 37.1 Å². The highest BCUT2D eigenvalue weighted by molar-refractivity contribution is 7.91. The number of thiazole rings is 1. The van der Waals surface area contributed by atoms with E-state index in [1.54, 1.807) is 39.0 Å². The van der Waals surface area contributed by atoms with Crippen LogP contribution < -0.4 is 14.8 Å². The van der Waals surface area contributed by atoms with Crippen molar-refractivity contribution in [2.75, 3.05) is 6.54 Å². The highest BCUT2D eigenvalue weighted by atomic mass is 32.2. The van der Waals surface area contributed by atoms with Crippen LogP contribution >= 0.6 is 11.3 Å². The summed E-state index contributed by atoms with van der Waals surface area (Å²) in [4.78, 5) is 68.5. The number of carbonyl (C=O) groups excluding carboxylic acids is 4. The van der Waals surface area contributed by atoms with Crippen LogP contribution in [-0.4, -0.2) is 86.6 Å². The van der Waals surface area contributed by atoms with Crippen molar-refractivity contribution in [1.82, 2.24) is 29.5 Å². The molecule has 8 rings (SSSR count). The molecule has 65 heavy (non-hydrogen) atoms. The summed E-state index contributed by atoms with van der Waals surface area (Å²) in [6.07, 6.45) is 7.51. The van der Waals surface area contributed by atoms with E-state index in [0.29, 0.717) is 56.5 Å². The Labute approximate surface area is 386 Å². The molecule has 2 saturated carbocycles. The molecule has 4 aromatic rings. The molecular weight excluding hydrogens is 865 g/mol. The van der Waals surface area contributed by atoms with Crippen LogP contribution in [0.25, 0.3) is 21.6 Å². The number of aryl methyl sites for hydroxylation is 1. The van der Waals surface area contributed by atoms with E-state index in [1.807, 2.05) is 48.8 Å². The van der Waals surface area contributed by atoms with Crippen molar-refractivity contribution >= 4 is 56.1 Å². The van der Waals surface area contributed by atoms with Gasteiger partial charge in [0.25, 0.3) is 6.01 Å². The number of hydrogen-bond acceptors (Lipinski definition) is 11. The minimum atomic E-state index is -3.97. The predicted molar refractivity (Wildman–Crippen MR) is 250 cm³/mol. The van der Waals surface area contributed by atoms with Crippen molar-refractivity contribution in [1.29, 1.82) is 0 Å². The molecular formula is C49H62N6O8S2. The summed E-state index contributed by atoms with van der Waals surface area (Å²) >= 11 is 1.56. The molecule has 14 nitrogen and oxygen atoms in total. The van der Waals surface area contributed by atoms with Gasteiger partial charge < -0.3 is 19.7 Å². The predicted octanol–water partition coefficient (Wildman–Crippen LogP) is 8.37. The van der Waals surface area contributed by atoms with Crippen molar-refractivity contribution in [3.8, 4) is 16.6 Å². The average molecular weight is 927 g/mol. The van der Waals surface area contributed by atoms with Gasteiger partial charge in [0.05, 0.1) is 34.0 Å². The summed E-state index contributed by atoms with van der Waals surface area (Å²) in [6.45, 7) is 13.0. The quantitative estimate of drug-likeness (QED) is 0.147. The van der Waals surface area contributed by atoms with Crippen molar-refractivity contribution in [3.63, 3.8) is 0 Å². The molecule has 0 spiro atoms. The molecule has 1 saturated heterocycles. The molecule has 2 N–H and O–H groups in total. The molecule has 3 amide bonds. The van der Waals surface area contributed by atoms with Crippen LogP contribution in [0, 0.1) is 18.3 Å². The lowest BCUT2D eigenvalue weighted by Gasteiger charge is -2.30. The molecule has 4 heterocycles. The van der Waals surface area contributed by atoms with Gasteiger partial charge in [-0.05, 0) is 111 Å². The number of para-hydroxylation sites is 1. The summed E-state index contributed by atoms with van der Waals surface area (Å²) in [5, 5.41) is 5.71.